The molecule has 0 fully saturated rings. The molecule has 0 bridgehead atoms. The van der Waals surface area contributed by atoms with Crippen LogP contribution in [0.1, 0.15) is 39.7 Å². The van der Waals surface area contributed by atoms with Crippen LogP contribution in [-0.4, -0.2) is 35.3 Å². The Morgan fingerprint density at radius 1 is 1.18 bits per heavy atom. The molecule has 1 aliphatic heterocycles. The summed E-state index contributed by atoms with van der Waals surface area (Å²) in [6.45, 7) is 8.38. The van der Waals surface area contributed by atoms with Gasteiger partial charge in [0.05, 0.1) is 0 Å². The third kappa shape index (κ3) is 3.45. The molecule has 22 heavy (non-hydrogen) atoms. The summed E-state index contributed by atoms with van der Waals surface area (Å²) < 4.78 is 1.08. The molecule has 0 spiro atoms. The number of rotatable bonds is 2. The Balaban J connectivity index is 2.31. The van der Waals surface area contributed by atoms with Gasteiger partial charge in [0.25, 0.3) is 0 Å². The summed E-state index contributed by atoms with van der Waals surface area (Å²) in [4.78, 5) is 28.7. The molecule has 0 radical (unpaired) electrons. The molecule has 0 saturated heterocycles. The smallest absolute Gasteiger partial charge is 0.316 e. The van der Waals surface area contributed by atoms with Crippen LogP contribution in [0.4, 0.5) is 5.69 Å². The van der Waals surface area contributed by atoms with Gasteiger partial charge in [-0.3, -0.25) is 9.59 Å². The summed E-state index contributed by atoms with van der Waals surface area (Å²) in [5.41, 5.74) is 2.04. The lowest BCUT2D eigenvalue weighted by atomic mass is 10.0. The Kier molecular flexibility index (Phi) is 5.47. The molecule has 1 aliphatic rings. The molecule has 4 nitrogen and oxygen atoms in total. The average Bonchev–Trinajstić information content (AvgIpc) is 2.44. The van der Waals surface area contributed by atoms with E-state index in [4.69, 9.17) is 0 Å². The van der Waals surface area contributed by atoms with E-state index in [0.717, 1.165) is 27.7 Å². The average molecular weight is 414 g/mol. The molecular formula is C17H23IN2O2. The quantitative estimate of drug-likeness (QED) is 0.551. The number of carbonyl (C=O) groups is 2. The Hall–Kier alpha value is -1.11. The molecule has 2 amide bonds. The van der Waals surface area contributed by atoms with Gasteiger partial charge in [-0.05, 0) is 80.8 Å². The number of carbonyl (C=O) groups excluding carboxylic acids is 2. The second kappa shape index (κ2) is 6.98. The first-order valence-electron chi connectivity index (χ1n) is 7.75. The van der Waals surface area contributed by atoms with E-state index in [1.54, 1.807) is 9.80 Å². The van der Waals surface area contributed by atoms with Crippen molar-refractivity contribution in [2.45, 2.75) is 52.6 Å². The standard InChI is InChI=1S/C17H23IN2O2/c1-11(2)20(12(3)4)17(22)16(21)19-9-5-6-13-7-8-14(18)10-15(13)19/h7-8,10-12H,5-6,9H2,1-4H3. The lowest BCUT2D eigenvalue weighted by Crippen LogP contribution is -2.51. The first kappa shape index (κ1) is 17.2. The van der Waals surface area contributed by atoms with Crippen LogP contribution in [-0.2, 0) is 16.0 Å². The van der Waals surface area contributed by atoms with Crippen LogP contribution in [0.15, 0.2) is 18.2 Å². The Labute approximate surface area is 146 Å². The first-order chi connectivity index (χ1) is 10.3. The predicted molar refractivity (Wildman–Crippen MR) is 97.0 cm³/mol. The maximum atomic E-state index is 12.8. The number of benzene rings is 1. The summed E-state index contributed by atoms with van der Waals surface area (Å²) in [5.74, 6) is -0.818. The Morgan fingerprint density at radius 3 is 2.41 bits per heavy atom. The summed E-state index contributed by atoms with van der Waals surface area (Å²) in [6.07, 6.45) is 1.86. The van der Waals surface area contributed by atoms with Crippen molar-refractivity contribution < 1.29 is 9.59 Å². The zero-order valence-corrected chi connectivity index (χ0v) is 15.8. The summed E-state index contributed by atoms with van der Waals surface area (Å²) >= 11 is 2.24. The van der Waals surface area contributed by atoms with Gasteiger partial charge in [0.2, 0.25) is 0 Å². The fraction of sp³-hybridized carbons (Fsp3) is 0.529. The lowest BCUT2D eigenvalue weighted by molar-refractivity contribution is -0.147. The number of nitrogens with zero attached hydrogens (tertiary/aromatic N) is 2. The van der Waals surface area contributed by atoms with Gasteiger partial charge in [-0.1, -0.05) is 6.07 Å². The maximum Gasteiger partial charge on any atom is 0.316 e. The molecule has 5 heteroatoms. The van der Waals surface area contributed by atoms with Gasteiger partial charge in [0, 0.05) is 27.9 Å². The second-order valence-electron chi connectivity index (χ2n) is 6.23. The number of halogens is 1. The van der Waals surface area contributed by atoms with Gasteiger partial charge in [-0.15, -0.1) is 0 Å². The van der Waals surface area contributed by atoms with E-state index >= 15 is 0 Å². The zero-order valence-electron chi connectivity index (χ0n) is 13.6. The third-order valence-electron chi connectivity index (χ3n) is 3.94. The number of fused-ring (bicyclic) bond motifs is 1. The van der Waals surface area contributed by atoms with Crippen molar-refractivity contribution in [3.05, 3.63) is 27.3 Å². The van der Waals surface area contributed by atoms with Crippen molar-refractivity contribution in [2.75, 3.05) is 11.4 Å². The van der Waals surface area contributed by atoms with Gasteiger partial charge in [0.15, 0.2) is 0 Å². The van der Waals surface area contributed by atoms with Gasteiger partial charge < -0.3 is 9.80 Å². The molecule has 0 aliphatic carbocycles. The minimum Gasteiger partial charge on any atom is -0.330 e. The van der Waals surface area contributed by atoms with Crippen molar-refractivity contribution in [3.63, 3.8) is 0 Å². The highest BCUT2D eigenvalue weighted by molar-refractivity contribution is 14.1. The molecule has 120 valence electrons. The van der Waals surface area contributed by atoms with Crippen molar-refractivity contribution in [2.24, 2.45) is 0 Å². The van der Waals surface area contributed by atoms with E-state index in [9.17, 15) is 9.59 Å². The molecule has 1 heterocycles. The Morgan fingerprint density at radius 2 is 1.82 bits per heavy atom. The molecule has 1 aromatic carbocycles. The molecule has 0 saturated carbocycles. The monoisotopic (exact) mass is 414 g/mol. The number of hydrogen-bond acceptors (Lipinski definition) is 2. The molecular weight excluding hydrogens is 391 g/mol. The van der Waals surface area contributed by atoms with E-state index in [0.29, 0.717) is 6.54 Å². The number of amides is 2. The van der Waals surface area contributed by atoms with Crippen molar-refractivity contribution in [3.8, 4) is 0 Å². The van der Waals surface area contributed by atoms with Gasteiger partial charge in [0.1, 0.15) is 0 Å². The van der Waals surface area contributed by atoms with Gasteiger partial charge >= 0.3 is 11.8 Å². The van der Waals surface area contributed by atoms with E-state index in [1.807, 2.05) is 39.8 Å². The highest BCUT2D eigenvalue weighted by Gasteiger charge is 2.33. The van der Waals surface area contributed by atoms with Crippen LogP contribution >= 0.6 is 22.6 Å². The minimum absolute atomic E-state index is 0.0108. The largest absolute Gasteiger partial charge is 0.330 e. The summed E-state index contributed by atoms with van der Waals surface area (Å²) in [6, 6.07) is 6.12. The topological polar surface area (TPSA) is 40.6 Å². The number of anilines is 1. The fourth-order valence-electron chi connectivity index (χ4n) is 3.05. The molecule has 0 unspecified atom stereocenters. The fourth-order valence-corrected chi connectivity index (χ4v) is 3.52. The molecule has 2 rings (SSSR count). The molecule has 0 aromatic heterocycles. The van der Waals surface area contributed by atoms with Crippen LogP contribution in [0.5, 0.6) is 0 Å². The van der Waals surface area contributed by atoms with E-state index in [1.165, 1.54) is 0 Å². The highest BCUT2D eigenvalue weighted by Crippen LogP contribution is 2.29. The van der Waals surface area contributed by atoms with Crippen LogP contribution < -0.4 is 4.90 Å². The SMILES string of the molecule is CC(C)N(C(=O)C(=O)N1CCCc2ccc(I)cc21)C(C)C. The van der Waals surface area contributed by atoms with E-state index in [-0.39, 0.29) is 12.1 Å². The first-order valence-corrected chi connectivity index (χ1v) is 8.83. The van der Waals surface area contributed by atoms with Gasteiger partial charge in [-0.2, -0.15) is 0 Å². The highest BCUT2D eigenvalue weighted by atomic mass is 127. The van der Waals surface area contributed by atoms with Crippen LogP contribution in [0, 0.1) is 3.57 Å². The predicted octanol–water partition coefficient (Wildman–Crippen LogP) is 3.22. The van der Waals surface area contributed by atoms with Crippen LogP contribution in [0.3, 0.4) is 0 Å². The molecule has 0 N–H and O–H groups in total. The van der Waals surface area contributed by atoms with Crippen molar-refractivity contribution in [1.82, 2.24) is 4.90 Å². The lowest BCUT2D eigenvalue weighted by Gasteiger charge is -2.34. The normalized spacial score (nSPS) is 14.2. The van der Waals surface area contributed by atoms with Crippen molar-refractivity contribution >= 4 is 40.1 Å². The number of aryl methyl sites for hydroxylation is 1. The second-order valence-corrected chi connectivity index (χ2v) is 7.48. The van der Waals surface area contributed by atoms with E-state index in [2.05, 4.69) is 28.7 Å². The summed E-state index contributed by atoms with van der Waals surface area (Å²) in [7, 11) is 0. The molecule has 0 atom stereocenters. The van der Waals surface area contributed by atoms with Crippen molar-refractivity contribution in [1.29, 1.82) is 0 Å². The molecule has 1 aromatic rings. The minimum atomic E-state index is -0.412. The zero-order chi connectivity index (χ0) is 16.4. The third-order valence-corrected chi connectivity index (χ3v) is 4.61. The summed E-state index contributed by atoms with van der Waals surface area (Å²) in [5, 5.41) is 0. The van der Waals surface area contributed by atoms with E-state index < -0.39 is 11.8 Å². The van der Waals surface area contributed by atoms with Crippen LogP contribution in [0.25, 0.3) is 0 Å². The maximum absolute atomic E-state index is 12.8. The Bertz CT molecular complexity index is 576. The van der Waals surface area contributed by atoms with Crippen LogP contribution in [0.2, 0.25) is 0 Å². The number of hydrogen-bond donors (Lipinski definition) is 0. The van der Waals surface area contributed by atoms with Gasteiger partial charge in [-0.25, -0.2) is 0 Å².